The van der Waals surface area contributed by atoms with E-state index in [1.807, 2.05) is 37.3 Å². The average Bonchev–Trinajstić information content (AvgIpc) is 2.17. The van der Waals surface area contributed by atoms with Crippen molar-refractivity contribution >= 4 is 5.78 Å². The highest BCUT2D eigenvalue weighted by molar-refractivity contribution is 5.76. The SMILES string of the molecule is CC(=O)CC(O)C(C)c1ccccc1. The molecule has 0 heterocycles. The van der Waals surface area contributed by atoms with Gasteiger partial charge in [-0.1, -0.05) is 37.3 Å². The van der Waals surface area contributed by atoms with Crippen molar-refractivity contribution in [3.63, 3.8) is 0 Å². The number of hydrogen-bond acceptors (Lipinski definition) is 2. The first kappa shape index (κ1) is 10.9. The third kappa shape index (κ3) is 2.96. The maximum atomic E-state index is 10.8. The molecule has 1 rings (SSSR count). The molecule has 2 heteroatoms. The van der Waals surface area contributed by atoms with Crippen LogP contribution < -0.4 is 0 Å². The second-order valence-corrected chi connectivity index (χ2v) is 3.67. The van der Waals surface area contributed by atoms with Gasteiger partial charge in [-0.3, -0.25) is 4.79 Å². The molecule has 2 atom stereocenters. The van der Waals surface area contributed by atoms with E-state index in [1.54, 1.807) is 0 Å². The van der Waals surface area contributed by atoms with Crippen LogP contribution in [0.3, 0.4) is 0 Å². The van der Waals surface area contributed by atoms with E-state index >= 15 is 0 Å². The summed E-state index contributed by atoms with van der Waals surface area (Å²) >= 11 is 0. The molecule has 2 nitrogen and oxygen atoms in total. The van der Waals surface area contributed by atoms with Gasteiger partial charge in [0, 0.05) is 12.3 Å². The summed E-state index contributed by atoms with van der Waals surface area (Å²) in [6.45, 7) is 3.43. The molecule has 0 aliphatic rings. The van der Waals surface area contributed by atoms with Crippen molar-refractivity contribution in [1.29, 1.82) is 0 Å². The Morgan fingerprint density at radius 3 is 2.43 bits per heavy atom. The van der Waals surface area contributed by atoms with Crippen LogP contribution in [0.4, 0.5) is 0 Å². The van der Waals surface area contributed by atoms with Gasteiger partial charge in [0.05, 0.1) is 6.10 Å². The van der Waals surface area contributed by atoms with Gasteiger partial charge in [-0.05, 0) is 12.5 Å². The molecule has 0 saturated heterocycles. The van der Waals surface area contributed by atoms with E-state index in [-0.39, 0.29) is 18.1 Å². The van der Waals surface area contributed by atoms with Gasteiger partial charge in [-0.2, -0.15) is 0 Å². The average molecular weight is 192 g/mol. The van der Waals surface area contributed by atoms with Crippen molar-refractivity contribution in [3.05, 3.63) is 35.9 Å². The normalized spacial score (nSPS) is 14.8. The van der Waals surface area contributed by atoms with Crippen LogP contribution in [0.1, 0.15) is 31.7 Å². The molecule has 1 aromatic carbocycles. The topological polar surface area (TPSA) is 37.3 Å². The lowest BCUT2D eigenvalue weighted by Crippen LogP contribution is -2.18. The van der Waals surface area contributed by atoms with Crippen molar-refractivity contribution in [2.75, 3.05) is 0 Å². The predicted molar refractivity (Wildman–Crippen MR) is 56.2 cm³/mol. The van der Waals surface area contributed by atoms with Gasteiger partial charge in [0.25, 0.3) is 0 Å². The number of aliphatic hydroxyl groups excluding tert-OH is 1. The van der Waals surface area contributed by atoms with E-state index in [0.717, 1.165) is 5.56 Å². The zero-order valence-electron chi connectivity index (χ0n) is 8.60. The molecule has 0 radical (unpaired) electrons. The predicted octanol–water partition coefficient (Wildman–Crippen LogP) is 2.13. The molecule has 1 aromatic rings. The van der Waals surface area contributed by atoms with Gasteiger partial charge in [-0.15, -0.1) is 0 Å². The van der Waals surface area contributed by atoms with Crippen LogP contribution >= 0.6 is 0 Å². The van der Waals surface area contributed by atoms with Gasteiger partial charge in [0.15, 0.2) is 0 Å². The van der Waals surface area contributed by atoms with Crippen molar-refractivity contribution in [1.82, 2.24) is 0 Å². The zero-order chi connectivity index (χ0) is 10.6. The van der Waals surface area contributed by atoms with Gasteiger partial charge < -0.3 is 5.11 Å². The fraction of sp³-hybridized carbons (Fsp3) is 0.417. The molecule has 0 bridgehead atoms. The fourth-order valence-corrected chi connectivity index (χ4v) is 1.45. The van der Waals surface area contributed by atoms with Gasteiger partial charge in [0.2, 0.25) is 0 Å². The van der Waals surface area contributed by atoms with E-state index in [0.29, 0.717) is 0 Å². The Balaban J connectivity index is 2.65. The molecule has 0 aliphatic carbocycles. The van der Waals surface area contributed by atoms with Crippen LogP contribution in [-0.2, 0) is 4.79 Å². The van der Waals surface area contributed by atoms with E-state index in [1.165, 1.54) is 6.92 Å². The van der Waals surface area contributed by atoms with Gasteiger partial charge in [-0.25, -0.2) is 0 Å². The van der Waals surface area contributed by atoms with E-state index < -0.39 is 6.10 Å². The van der Waals surface area contributed by atoms with Crippen LogP contribution in [0.25, 0.3) is 0 Å². The Morgan fingerprint density at radius 1 is 1.36 bits per heavy atom. The third-order valence-electron chi connectivity index (χ3n) is 2.40. The van der Waals surface area contributed by atoms with Crippen LogP contribution in [0.15, 0.2) is 30.3 Å². The van der Waals surface area contributed by atoms with E-state index in [4.69, 9.17) is 0 Å². The third-order valence-corrected chi connectivity index (χ3v) is 2.40. The molecule has 0 fully saturated rings. The van der Waals surface area contributed by atoms with Crippen LogP contribution in [0.2, 0.25) is 0 Å². The monoisotopic (exact) mass is 192 g/mol. The number of rotatable bonds is 4. The molecule has 0 amide bonds. The first-order valence-corrected chi connectivity index (χ1v) is 4.83. The highest BCUT2D eigenvalue weighted by atomic mass is 16.3. The number of hydrogen-bond donors (Lipinski definition) is 1. The summed E-state index contributed by atoms with van der Waals surface area (Å²) in [6.07, 6.45) is -0.342. The summed E-state index contributed by atoms with van der Waals surface area (Å²) in [6, 6.07) is 9.74. The number of ketones is 1. The fourth-order valence-electron chi connectivity index (χ4n) is 1.45. The molecular formula is C12H16O2. The van der Waals surface area contributed by atoms with Gasteiger partial charge >= 0.3 is 0 Å². The maximum Gasteiger partial charge on any atom is 0.132 e. The molecule has 0 spiro atoms. The standard InChI is InChI=1S/C12H16O2/c1-9(13)8-12(14)10(2)11-6-4-3-5-7-11/h3-7,10,12,14H,8H2,1-2H3. The first-order chi connectivity index (χ1) is 6.61. The van der Waals surface area contributed by atoms with Crippen molar-refractivity contribution in [2.45, 2.75) is 32.3 Å². The first-order valence-electron chi connectivity index (χ1n) is 4.83. The molecule has 0 aliphatic heterocycles. The number of carbonyl (C=O) groups excluding carboxylic acids is 1. The van der Waals surface area contributed by atoms with E-state index in [2.05, 4.69) is 0 Å². The molecule has 14 heavy (non-hydrogen) atoms. The summed E-state index contributed by atoms with van der Waals surface area (Å²) in [5, 5.41) is 9.72. The minimum absolute atomic E-state index is 0.0140. The molecule has 76 valence electrons. The van der Waals surface area contributed by atoms with Gasteiger partial charge in [0.1, 0.15) is 5.78 Å². The summed E-state index contributed by atoms with van der Waals surface area (Å²) in [7, 11) is 0. The largest absolute Gasteiger partial charge is 0.392 e. The lowest BCUT2D eigenvalue weighted by molar-refractivity contribution is -0.119. The minimum atomic E-state index is -0.574. The number of carbonyl (C=O) groups is 1. The highest BCUT2D eigenvalue weighted by Gasteiger charge is 2.17. The quantitative estimate of drug-likeness (QED) is 0.793. The Morgan fingerprint density at radius 2 is 1.93 bits per heavy atom. The Kier molecular flexibility index (Phi) is 3.84. The molecule has 1 N–H and O–H groups in total. The Bertz CT molecular complexity index is 292. The van der Waals surface area contributed by atoms with Crippen LogP contribution in [0.5, 0.6) is 0 Å². The van der Waals surface area contributed by atoms with E-state index in [9.17, 15) is 9.90 Å². The molecule has 2 unspecified atom stereocenters. The van der Waals surface area contributed by atoms with Crippen molar-refractivity contribution in [2.24, 2.45) is 0 Å². The lowest BCUT2D eigenvalue weighted by Gasteiger charge is -2.17. The second kappa shape index (κ2) is 4.91. The molecule has 0 saturated carbocycles. The van der Waals surface area contributed by atoms with Crippen molar-refractivity contribution < 1.29 is 9.90 Å². The van der Waals surface area contributed by atoms with Crippen molar-refractivity contribution in [3.8, 4) is 0 Å². The van der Waals surface area contributed by atoms with Crippen LogP contribution in [0, 0.1) is 0 Å². The Hall–Kier alpha value is -1.15. The molecular weight excluding hydrogens is 176 g/mol. The smallest absolute Gasteiger partial charge is 0.132 e. The van der Waals surface area contributed by atoms with Crippen LogP contribution in [-0.4, -0.2) is 17.0 Å². The second-order valence-electron chi connectivity index (χ2n) is 3.67. The number of benzene rings is 1. The number of Topliss-reactive ketones (excluding diaryl/α,β-unsaturated/α-hetero) is 1. The number of aliphatic hydroxyl groups is 1. The summed E-state index contributed by atoms with van der Waals surface area (Å²) in [5.74, 6) is 0.0420. The maximum absolute atomic E-state index is 10.8. The Labute approximate surface area is 84.6 Å². The molecule has 0 aromatic heterocycles. The highest BCUT2D eigenvalue weighted by Crippen LogP contribution is 2.20. The minimum Gasteiger partial charge on any atom is -0.392 e. The summed E-state index contributed by atoms with van der Waals surface area (Å²) in [4.78, 5) is 10.8. The zero-order valence-corrected chi connectivity index (χ0v) is 8.60. The lowest BCUT2D eigenvalue weighted by atomic mass is 9.93. The summed E-state index contributed by atoms with van der Waals surface area (Å²) < 4.78 is 0. The summed E-state index contributed by atoms with van der Waals surface area (Å²) in [5.41, 5.74) is 1.07.